The number of rotatable bonds is 0. The van der Waals surface area contributed by atoms with Gasteiger partial charge < -0.3 is 10.1 Å². The Morgan fingerprint density at radius 1 is 1.78 bits per heavy atom. The highest BCUT2D eigenvalue weighted by Gasteiger charge is 2.11. The minimum absolute atomic E-state index is 0.278. The third-order valence-electron chi connectivity index (χ3n) is 1.41. The maximum Gasteiger partial charge on any atom is 0.407 e. The third-order valence-corrected chi connectivity index (χ3v) is 1.41. The molecule has 1 unspecified atom stereocenters. The molecule has 0 spiro atoms. The topological polar surface area (TPSA) is 38.3 Å². The molecule has 1 atom stereocenters. The number of amides is 1. The van der Waals surface area contributed by atoms with E-state index in [2.05, 4.69) is 12.2 Å². The molecule has 0 bridgehead atoms. The van der Waals surface area contributed by atoms with Crippen molar-refractivity contribution in [1.82, 2.24) is 5.32 Å². The number of ether oxygens (including phenoxy) is 1. The molecule has 1 rings (SSSR count). The van der Waals surface area contributed by atoms with E-state index in [1.807, 2.05) is 0 Å². The van der Waals surface area contributed by atoms with Crippen molar-refractivity contribution in [2.45, 2.75) is 13.3 Å². The quantitative estimate of drug-likeness (QED) is 0.524. The van der Waals surface area contributed by atoms with Crippen molar-refractivity contribution in [1.29, 1.82) is 0 Å². The lowest BCUT2D eigenvalue weighted by molar-refractivity contribution is 0.141. The highest BCUT2D eigenvalue weighted by Crippen LogP contribution is 2.03. The Kier molecular flexibility index (Phi) is 1.92. The van der Waals surface area contributed by atoms with Gasteiger partial charge >= 0.3 is 6.09 Å². The van der Waals surface area contributed by atoms with Gasteiger partial charge in [0, 0.05) is 6.54 Å². The van der Waals surface area contributed by atoms with E-state index in [0.717, 1.165) is 13.0 Å². The molecule has 0 saturated carbocycles. The van der Waals surface area contributed by atoms with Crippen molar-refractivity contribution in [3.8, 4) is 0 Å². The van der Waals surface area contributed by atoms with E-state index in [4.69, 9.17) is 4.74 Å². The Morgan fingerprint density at radius 3 is 3.33 bits per heavy atom. The van der Waals surface area contributed by atoms with E-state index < -0.39 is 0 Å². The van der Waals surface area contributed by atoms with E-state index in [-0.39, 0.29) is 6.09 Å². The fourth-order valence-electron chi connectivity index (χ4n) is 0.773. The SMILES string of the molecule is CC1CCNC(=O)OC1. The van der Waals surface area contributed by atoms with Gasteiger partial charge in [-0.2, -0.15) is 0 Å². The minimum atomic E-state index is -0.278. The molecule has 0 radical (unpaired) electrons. The Hall–Kier alpha value is -0.730. The van der Waals surface area contributed by atoms with Crippen LogP contribution >= 0.6 is 0 Å². The van der Waals surface area contributed by atoms with E-state index in [9.17, 15) is 4.79 Å². The summed E-state index contributed by atoms with van der Waals surface area (Å²) in [5.41, 5.74) is 0. The Balaban J connectivity index is 2.34. The largest absolute Gasteiger partial charge is 0.449 e. The summed E-state index contributed by atoms with van der Waals surface area (Å²) in [6, 6.07) is 0. The van der Waals surface area contributed by atoms with Crippen LogP contribution < -0.4 is 5.32 Å². The molecule has 1 fully saturated rings. The second-order valence-electron chi connectivity index (χ2n) is 2.42. The van der Waals surface area contributed by atoms with Gasteiger partial charge in [0.15, 0.2) is 0 Å². The number of nitrogens with one attached hydrogen (secondary N) is 1. The van der Waals surface area contributed by atoms with Crippen LogP contribution in [-0.4, -0.2) is 19.2 Å². The van der Waals surface area contributed by atoms with Crippen molar-refractivity contribution in [2.75, 3.05) is 13.2 Å². The number of carbonyl (C=O) groups is 1. The van der Waals surface area contributed by atoms with Crippen molar-refractivity contribution in [2.24, 2.45) is 5.92 Å². The molecule has 1 heterocycles. The van der Waals surface area contributed by atoms with Gasteiger partial charge in [-0.05, 0) is 12.3 Å². The highest BCUT2D eigenvalue weighted by atomic mass is 16.5. The first-order chi connectivity index (χ1) is 4.29. The van der Waals surface area contributed by atoms with Gasteiger partial charge in [0.25, 0.3) is 0 Å². The second kappa shape index (κ2) is 2.71. The van der Waals surface area contributed by atoms with E-state index >= 15 is 0 Å². The summed E-state index contributed by atoms with van der Waals surface area (Å²) in [6.45, 7) is 3.38. The maximum atomic E-state index is 10.5. The lowest BCUT2D eigenvalue weighted by Crippen LogP contribution is -2.21. The summed E-state index contributed by atoms with van der Waals surface area (Å²) in [6.07, 6.45) is 0.741. The van der Waals surface area contributed by atoms with Crippen molar-refractivity contribution >= 4 is 6.09 Å². The maximum absolute atomic E-state index is 10.5. The minimum Gasteiger partial charge on any atom is -0.449 e. The standard InChI is InChI=1S/C6H11NO2/c1-5-2-3-7-6(8)9-4-5/h5H,2-4H2,1H3,(H,7,8). The molecule has 9 heavy (non-hydrogen) atoms. The van der Waals surface area contributed by atoms with Gasteiger partial charge in [0.1, 0.15) is 0 Å². The Bertz CT molecular complexity index is 114. The van der Waals surface area contributed by atoms with E-state index in [1.165, 1.54) is 0 Å². The zero-order valence-electron chi connectivity index (χ0n) is 5.52. The van der Waals surface area contributed by atoms with Crippen LogP contribution in [0.2, 0.25) is 0 Å². The first-order valence-corrected chi connectivity index (χ1v) is 3.19. The number of hydrogen-bond donors (Lipinski definition) is 1. The Morgan fingerprint density at radius 2 is 2.56 bits per heavy atom. The van der Waals surface area contributed by atoms with Crippen LogP contribution in [0, 0.1) is 5.92 Å². The normalized spacial score (nSPS) is 28.1. The molecule has 0 aromatic heterocycles. The number of alkyl carbamates (subject to hydrolysis) is 1. The number of cyclic esters (lactones) is 1. The molecule has 3 nitrogen and oxygen atoms in total. The monoisotopic (exact) mass is 129 g/mol. The lowest BCUT2D eigenvalue weighted by atomic mass is 10.1. The lowest BCUT2D eigenvalue weighted by Gasteiger charge is -2.02. The fourth-order valence-corrected chi connectivity index (χ4v) is 0.773. The summed E-state index contributed by atoms with van der Waals surface area (Å²) >= 11 is 0. The molecule has 1 aliphatic heterocycles. The highest BCUT2D eigenvalue weighted by molar-refractivity contribution is 5.67. The van der Waals surface area contributed by atoms with Gasteiger partial charge in [0.2, 0.25) is 0 Å². The molecule has 0 aromatic carbocycles. The molecule has 1 amide bonds. The van der Waals surface area contributed by atoms with Crippen LogP contribution in [0.1, 0.15) is 13.3 Å². The van der Waals surface area contributed by atoms with Crippen LogP contribution in [0.25, 0.3) is 0 Å². The molecular weight excluding hydrogens is 118 g/mol. The van der Waals surface area contributed by atoms with Crippen LogP contribution in [0.4, 0.5) is 4.79 Å². The molecule has 1 N–H and O–H groups in total. The van der Waals surface area contributed by atoms with Gasteiger partial charge in [-0.3, -0.25) is 0 Å². The van der Waals surface area contributed by atoms with Crippen molar-refractivity contribution in [3.63, 3.8) is 0 Å². The average molecular weight is 129 g/mol. The van der Waals surface area contributed by atoms with Gasteiger partial charge in [-0.25, -0.2) is 4.79 Å². The molecule has 1 saturated heterocycles. The molecule has 0 aliphatic carbocycles. The zero-order chi connectivity index (χ0) is 6.69. The summed E-state index contributed by atoms with van der Waals surface area (Å²) in [5.74, 6) is 0.504. The smallest absolute Gasteiger partial charge is 0.407 e. The summed E-state index contributed by atoms with van der Waals surface area (Å²) in [4.78, 5) is 10.5. The molecule has 52 valence electrons. The molecular formula is C6H11NO2. The molecule has 0 aromatic rings. The van der Waals surface area contributed by atoms with Crippen LogP contribution in [0.5, 0.6) is 0 Å². The van der Waals surface area contributed by atoms with Gasteiger partial charge in [0.05, 0.1) is 6.61 Å². The summed E-state index contributed by atoms with van der Waals surface area (Å²) in [5, 5.41) is 2.61. The van der Waals surface area contributed by atoms with E-state index in [1.54, 1.807) is 0 Å². The van der Waals surface area contributed by atoms with Crippen molar-refractivity contribution in [3.05, 3.63) is 0 Å². The summed E-state index contributed by atoms with van der Waals surface area (Å²) < 4.78 is 4.77. The average Bonchev–Trinajstić information content (AvgIpc) is 1.97. The second-order valence-corrected chi connectivity index (χ2v) is 2.42. The number of carbonyl (C=O) groups excluding carboxylic acids is 1. The molecule has 3 heteroatoms. The van der Waals surface area contributed by atoms with Crippen LogP contribution in [0.15, 0.2) is 0 Å². The predicted molar refractivity (Wildman–Crippen MR) is 33.1 cm³/mol. The van der Waals surface area contributed by atoms with Crippen molar-refractivity contribution < 1.29 is 9.53 Å². The number of hydrogen-bond acceptors (Lipinski definition) is 2. The first kappa shape index (κ1) is 6.39. The molecule has 1 aliphatic rings. The summed E-state index contributed by atoms with van der Waals surface area (Å²) in [7, 11) is 0. The third kappa shape index (κ3) is 1.91. The zero-order valence-corrected chi connectivity index (χ0v) is 5.52. The van der Waals surface area contributed by atoms with Crippen LogP contribution in [-0.2, 0) is 4.74 Å². The fraction of sp³-hybridized carbons (Fsp3) is 0.833. The Labute approximate surface area is 54.4 Å². The van der Waals surface area contributed by atoms with E-state index in [0.29, 0.717) is 12.5 Å². The van der Waals surface area contributed by atoms with Gasteiger partial charge in [-0.15, -0.1) is 0 Å². The van der Waals surface area contributed by atoms with Gasteiger partial charge in [-0.1, -0.05) is 6.92 Å². The first-order valence-electron chi connectivity index (χ1n) is 3.19. The van der Waals surface area contributed by atoms with Crippen LogP contribution in [0.3, 0.4) is 0 Å². The predicted octanol–water partition coefficient (Wildman–Crippen LogP) is 0.752.